The van der Waals surface area contributed by atoms with E-state index in [2.05, 4.69) is 25.7 Å². The smallest absolute Gasteiger partial charge is 0.466 e. The summed E-state index contributed by atoms with van der Waals surface area (Å²) in [5.74, 6) is -0.0477. The summed E-state index contributed by atoms with van der Waals surface area (Å²) in [5.41, 5.74) is 0. The molecule has 0 bridgehead atoms. The zero-order valence-corrected chi connectivity index (χ0v) is 32.2. The van der Waals surface area contributed by atoms with Crippen LogP contribution in [0.1, 0.15) is 188 Å². The van der Waals surface area contributed by atoms with Gasteiger partial charge in [0.1, 0.15) is 0 Å². The molecule has 0 aliphatic carbocycles. The Morgan fingerprint density at radius 1 is 0.489 bits per heavy atom. The van der Waals surface area contributed by atoms with E-state index in [0.717, 1.165) is 122 Å². The molecule has 0 spiro atoms. The maximum atomic E-state index is 13.2. The number of esters is 1. The summed E-state index contributed by atoms with van der Waals surface area (Å²) >= 11 is 0. The second kappa shape index (κ2) is 36.8. The Kier molecular flexibility index (Phi) is 36.4. The molecule has 0 saturated heterocycles. The van der Waals surface area contributed by atoms with Crippen LogP contribution in [0.3, 0.4) is 0 Å². The molecule has 0 saturated carbocycles. The number of aliphatic hydroxyl groups is 1. The standard InChI is InChI=1S/C38H78NO7P/c1-4-7-10-13-20-27-36-45-47(42,44-35-26-19-11-8-5-2)46-37-28-21-15-18-24-31-39(32-33-40)30-23-17-14-16-22-29-38(41)43-34-25-12-9-6-3/h40H,4-37H2,1-3H3. The van der Waals surface area contributed by atoms with Crippen molar-refractivity contribution >= 4 is 13.8 Å². The average Bonchev–Trinajstić information content (AvgIpc) is 3.06. The Morgan fingerprint density at radius 2 is 0.851 bits per heavy atom. The molecule has 0 aromatic rings. The van der Waals surface area contributed by atoms with Gasteiger partial charge in [-0.05, 0) is 58.0 Å². The van der Waals surface area contributed by atoms with E-state index in [0.29, 0.717) is 32.8 Å². The van der Waals surface area contributed by atoms with Crippen LogP contribution >= 0.6 is 7.82 Å². The first-order chi connectivity index (χ1) is 23.0. The van der Waals surface area contributed by atoms with Crippen LogP contribution in [0, 0.1) is 0 Å². The molecule has 1 atom stereocenters. The van der Waals surface area contributed by atoms with Gasteiger partial charge in [-0.1, -0.05) is 136 Å². The highest BCUT2D eigenvalue weighted by Gasteiger charge is 2.26. The third-order valence-corrected chi connectivity index (χ3v) is 10.1. The highest BCUT2D eigenvalue weighted by molar-refractivity contribution is 7.48. The Morgan fingerprint density at radius 3 is 1.30 bits per heavy atom. The van der Waals surface area contributed by atoms with Crippen molar-refractivity contribution in [1.29, 1.82) is 0 Å². The lowest BCUT2D eigenvalue weighted by atomic mass is 10.1. The van der Waals surface area contributed by atoms with Crippen LogP contribution in [0.5, 0.6) is 0 Å². The lowest BCUT2D eigenvalue weighted by molar-refractivity contribution is -0.143. The van der Waals surface area contributed by atoms with E-state index in [9.17, 15) is 14.5 Å². The number of nitrogens with zero attached hydrogens (tertiary/aromatic N) is 1. The van der Waals surface area contributed by atoms with Crippen molar-refractivity contribution in [3.63, 3.8) is 0 Å². The molecule has 47 heavy (non-hydrogen) atoms. The first-order valence-electron chi connectivity index (χ1n) is 20.0. The minimum atomic E-state index is -3.50. The fourth-order valence-electron chi connectivity index (χ4n) is 5.60. The fourth-order valence-corrected chi connectivity index (χ4v) is 6.88. The minimum Gasteiger partial charge on any atom is -0.466 e. The number of aliphatic hydroxyl groups excluding tert-OH is 1. The minimum absolute atomic E-state index is 0.0477. The van der Waals surface area contributed by atoms with E-state index in [1.807, 2.05) is 0 Å². The number of hydrogen-bond acceptors (Lipinski definition) is 8. The van der Waals surface area contributed by atoms with Crippen LogP contribution in [0.4, 0.5) is 0 Å². The Hall–Kier alpha value is -0.500. The van der Waals surface area contributed by atoms with E-state index in [4.69, 9.17) is 18.3 Å². The number of hydrogen-bond donors (Lipinski definition) is 1. The van der Waals surface area contributed by atoms with Gasteiger partial charge in [0.2, 0.25) is 0 Å². The van der Waals surface area contributed by atoms with E-state index in [1.54, 1.807) is 0 Å². The number of rotatable bonds is 39. The van der Waals surface area contributed by atoms with Gasteiger partial charge in [-0.25, -0.2) is 4.57 Å². The molecule has 0 aliphatic rings. The zero-order chi connectivity index (χ0) is 34.5. The second-order valence-corrected chi connectivity index (χ2v) is 14.9. The highest BCUT2D eigenvalue weighted by Crippen LogP contribution is 2.50. The summed E-state index contributed by atoms with van der Waals surface area (Å²) in [6.45, 7) is 11.4. The molecule has 0 amide bonds. The largest absolute Gasteiger partial charge is 0.474 e. The molecule has 0 fully saturated rings. The Bertz CT molecular complexity index is 697. The topological polar surface area (TPSA) is 94.5 Å². The van der Waals surface area contributed by atoms with Crippen molar-refractivity contribution < 1.29 is 32.8 Å². The number of phosphoric ester groups is 1. The van der Waals surface area contributed by atoms with Crippen molar-refractivity contribution in [1.82, 2.24) is 4.90 Å². The first kappa shape index (κ1) is 46.5. The van der Waals surface area contributed by atoms with E-state index < -0.39 is 7.82 Å². The van der Waals surface area contributed by atoms with Gasteiger partial charge in [0.15, 0.2) is 0 Å². The fraction of sp³-hybridized carbons (Fsp3) is 0.974. The van der Waals surface area contributed by atoms with Crippen molar-refractivity contribution in [2.75, 3.05) is 52.7 Å². The van der Waals surface area contributed by atoms with E-state index >= 15 is 0 Å². The number of ether oxygens (including phenoxy) is 1. The lowest BCUT2D eigenvalue weighted by Gasteiger charge is -2.21. The molecule has 0 heterocycles. The van der Waals surface area contributed by atoms with Gasteiger partial charge in [0.05, 0.1) is 33.0 Å². The third kappa shape index (κ3) is 33.8. The normalized spacial score (nSPS) is 13.0. The number of unbranched alkanes of at least 4 members (excludes halogenated alkanes) is 20. The molecular weight excluding hydrogens is 613 g/mol. The maximum absolute atomic E-state index is 13.2. The van der Waals surface area contributed by atoms with Gasteiger partial charge >= 0.3 is 13.8 Å². The van der Waals surface area contributed by atoms with Gasteiger partial charge < -0.3 is 14.7 Å². The molecule has 1 N–H and O–H groups in total. The highest BCUT2D eigenvalue weighted by atomic mass is 31.2. The molecule has 0 rings (SSSR count). The van der Waals surface area contributed by atoms with Crippen LogP contribution in [-0.4, -0.2) is 68.6 Å². The molecular formula is C38H78NO7P. The second-order valence-electron chi connectivity index (χ2n) is 13.3. The van der Waals surface area contributed by atoms with Gasteiger partial charge in [-0.2, -0.15) is 0 Å². The maximum Gasteiger partial charge on any atom is 0.474 e. The summed E-state index contributed by atoms with van der Waals surface area (Å²) in [5, 5.41) is 9.50. The summed E-state index contributed by atoms with van der Waals surface area (Å²) < 4.78 is 35.7. The zero-order valence-electron chi connectivity index (χ0n) is 31.3. The molecule has 1 unspecified atom stereocenters. The van der Waals surface area contributed by atoms with Crippen LogP contribution in [-0.2, 0) is 27.7 Å². The van der Waals surface area contributed by atoms with Gasteiger partial charge in [-0.3, -0.25) is 18.4 Å². The van der Waals surface area contributed by atoms with E-state index in [-0.39, 0.29) is 12.6 Å². The lowest BCUT2D eigenvalue weighted by Crippen LogP contribution is -2.29. The van der Waals surface area contributed by atoms with Gasteiger partial charge in [-0.15, -0.1) is 0 Å². The predicted molar refractivity (Wildman–Crippen MR) is 197 cm³/mol. The third-order valence-electron chi connectivity index (χ3n) is 8.65. The molecule has 0 aromatic heterocycles. The van der Waals surface area contributed by atoms with E-state index in [1.165, 1.54) is 57.8 Å². The molecule has 0 radical (unpaired) electrons. The predicted octanol–water partition coefficient (Wildman–Crippen LogP) is 11.2. The summed E-state index contributed by atoms with van der Waals surface area (Å²) in [7, 11) is -3.50. The summed E-state index contributed by atoms with van der Waals surface area (Å²) in [4.78, 5) is 14.2. The summed E-state index contributed by atoms with van der Waals surface area (Å²) in [6.07, 6.45) is 28.2. The SMILES string of the molecule is CCCCCCCCOP(=O)(OCCCCCCC)OCCCCCCCN(CCO)CCCCCCCC(=O)OCCCCCC. The Balaban J connectivity index is 4.04. The monoisotopic (exact) mass is 692 g/mol. The first-order valence-corrected chi connectivity index (χ1v) is 21.5. The van der Waals surface area contributed by atoms with Crippen LogP contribution in [0.25, 0.3) is 0 Å². The Labute approximate surface area is 291 Å². The van der Waals surface area contributed by atoms with Crippen LogP contribution in [0.2, 0.25) is 0 Å². The average molecular weight is 692 g/mol. The van der Waals surface area contributed by atoms with Crippen molar-refractivity contribution in [3.8, 4) is 0 Å². The molecule has 0 aromatic carbocycles. The number of carbonyl (C=O) groups is 1. The quantitative estimate of drug-likeness (QED) is 0.0387. The molecule has 8 nitrogen and oxygen atoms in total. The van der Waals surface area contributed by atoms with Crippen LogP contribution < -0.4 is 0 Å². The molecule has 282 valence electrons. The molecule has 9 heteroatoms. The number of carbonyl (C=O) groups excluding carboxylic acids is 1. The molecule has 0 aliphatic heterocycles. The van der Waals surface area contributed by atoms with Crippen molar-refractivity contribution in [2.24, 2.45) is 0 Å². The van der Waals surface area contributed by atoms with Gasteiger partial charge in [0, 0.05) is 13.0 Å². The van der Waals surface area contributed by atoms with Gasteiger partial charge in [0.25, 0.3) is 0 Å². The van der Waals surface area contributed by atoms with Crippen molar-refractivity contribution in [2.45, 2.75) is 188 Å². The number of phosphoric acid groups is 1. The van der Waals surface area contributed by atoms with Crippen molar-refractivity contribution in [3.05, 3.63) is 0 Å². The summed E-state index contributed by atoms with van der Waals surface area (Å²) in [6, 6.07) is 0. The van der Waals surface area contributed by atoms with Crippen LogP contribution in [0.15, 0.2) is 0 Å².